The molecule has 2 N–H and O–H groups in total. The van der Waals surface area contributed by atoms with Crippen LogP contribution in [0.3, 0.4) is 0 Å². The van der Waals surface area contributed by atoms with E-state index < -0.39 is 0 Å². The van der Waals surface area contributed by atoms with Crippen molar-refractivity contribution < 1.29 is 9.53 Å². The molecule has 5 nitrogen and oxygen atoms in total. The van der Waals surface area contributed by atoms with E-state index in [0.29, 0.717) is 18.2 Å². The smallest absolute Gasteiger partial charge is 0.238 e. The minimum absolute atomic E-state index is 0.0425. The van der Waals surface area contributed by atoms with E-state index in [9.17, 15) is 4.79 Å². The Morgan fingerprint density at radius 2 is 2.08 bits per heavy atom. The molecule has 0 radical (unpaired) electrons. The van der Waals surface area contributed by atoms with Gasteiger partial charge < -0.3 is 15.4 Å². The molecule has 1 fully saturated rings. The maximum Gasteiger partial charge on any atom is 0.238 e. The molecule has 0 unspecified atom stereocenters. The van der Waals surface area contributed by atoms with E-state index in [1.807, 2.05) is 44.2 Å². The van der Waals surface area contributed by atoms with Crippen molar-refractivity contribution in [2.45, 2.75) is 26.7 Å². The van der Waals surface area contributed by atoms with E-state index in [-0.39, 0.29) is 5.91 Å². The second-order valence-electron chi connectivity index (χ2n) is 6.38. The van der Waals surface area contributed by atoms with Gasteiger partial charge in [-0.25, -0.2) is 4.98 Å². The van der Waals surface area contributed by atoms with Crippen molar-refractivity contribution in [2.75, 3.05) is 18.4 Å². The highest BCUT2D eigenvalue weighted by molar-refractivity contribution is 5.92. The normalized spacial score (nSPS) is 13.6. The average molecular weight is 325 g/mol. The molecular formula is C19H23N3O2. The van der Waals surface area contributed by atoms with Crippen LogP contribution in [0.25, 0.3) is 0 Å². The topological polar surface area (TPSA) is 63.2 Å². The third-order valence-corrected chi connectivity index (χ3v) is 3.99. The maximum absolute atomic E-state index is 12.0. The number of carbonyl (C=O) groups is 1. The van der Waals surface area contributed by atoms with Crippen LogP contribution in [0, 0.1) is 19.8 Å². The van der Waals surface area contributed by atoms with Crippen molar-refractivity contribution >= 4 is 11.6 Å². The molecule has 1 aliphatic carbocycles. The lowest BCUT2D eigenvalue weighted by Gasteiger charge is -2.11. The molecule has 126 valence electrons. The van der Waals surface area contributed by atoms with Crippen LogP contribution in [0.1, 0.15) is 24.0 Å². The number of anilines is 1. The molecule has 1 heterocycles. The van der Waals surface area contributed by atoms with E-state index in [1.165, 1.54) is 12.8 Å². The largest absolute Gasteiger partial charge is 0.439 e. The van der Waals surface area contributed by atoms with E-state index in [1.54, 1.807) is 6.20 Å². The number of ether oxygens (including phenoxy) is 1. The quantitative estimate of drug-likeness (QED) is 0.818. The summed E-state index contributed by atoms with van der Waals surface area (Å²) in [6, 6.07) is 9.44. The van der Waals surface area contributed by atoms with E-state index in [0.717, 1.165) is 29.3 Å². The van der Waals surface area contributed by atoms with Gasteiger partial charge in [0.05, 0.1) is 6.54 Å². The highest BCUT2D eigenvalue weighted by Crippen LogP contribution is 2.28. The standard InChI is InChI=1S/C19H23N3O2/c1-13-7-8-21-19(9-13)24-17-10-16(6-3-14(17)2)22-18(23)12-20-11-15-4-5-15/h3,6-10,15,20H,4-5,11-12H2,1-2H3,(H,22,23). The summed E-state index contributed by atoms with van der Waals surface area (Å²) in [4.78, 5) is 16.2. The second kappa shape index (κ2) is 7.45. The number of carbonyl (C=O) groups excluding carboxylic acids is 1. The monoisotopic (exact) mass is 325 g/mol. The van der Waals surface area contributed by atoms with Crippen LogP contribution in [0.5, 0.6) is 11.6 Å². The van der Waals surface area contributed by atoms with Crippen molar-refractivity contribution in [3.63, 3.8) is 0 Å². The Bertz CT molecular complexity index is 726. The first-order valence-electron chi connectivity index (χ1n) is 8.32. The number of pyridine rings is 1. The Morgan fingerprint density at radius 3 is 2.83 bits per heavy atom. The fourth-order valence-corrected chi connectivity index (χ4v) is 2.38. The predicted octanol–water partition coefficient (Wildman–Crippen LogP) is 3.43. The molecule has 0 saturated heterocycles. The minimum atomic E-state index is -0.0425. The van der Waals surface area contributed by atoms with Crippen LogP contribution in [-0.4, -0.2) is 24.0 Å². The van der Waals surface area contributed by atoms with Gasteiger partial charge in [-0.3, -0.25) is 4.79 Å². The van der Waals surface area contributed by atoms with Crippen LogP contribution < -0.4 is 15.4 Å². The summed E-state index contributed by atoms with van der Waals surface area (Å²) < 4.78 is 5.86. The fraction of sp³-hybridized carbons (Fsp3) is 0.368. The predicted molar refractivity (Wildman–Crippen MR) is 94.5 cm³/mol. The first-order valence-corrected chi connectivity index (χ1v) is 8.32. The number of rotatable bonds is 7. The summed E-state index contributed by atoms with van der Waals surface area (Å²) in [7, 11) is 0. The molecule has 0 atom stereocenters. The van der Waals surface area contributed by atoms with Gasteiger partial charge >= 0.3 is 0 Å². The lowest BCUT2D eigenvalue weighted by molar-refractivity contribution is -0.115. The van der Waals surface area contributed by atoms with Crippen LogP contribution in [0.4, 0.5) is 5.69 Å². The lowest BCUT2D eigenvalue weighted by atomic mass is 10.2. The molecule has 0 bridgehead atoms. The Kier molecular flexibility index (Phi) is 5.11. The van der Waals surface area contributed by atoms with Gasteiger partial charge in [-0.15, -0.1) is 0 Å². The number of nitrogens with zero attached hydrogens (tertiary/aromatic N) is 1. The Hall–Kier alpha value is -2.40. The average Bonchev–Trinajstić information content (AvgIpc) is 3.35. The molecule has 2 aromatic rings. The minimum Gasteiger partial charge on any atom is -0.439 e. The molecule has 1 amide bonds. The summed E-state index contributed by atoms with van der Waals surface area (Å²) in [5.74, 6) is 1.96. The third-order valence-electron chi connectivity index (χ3n) is 3.99. The third kappa shape index (κ3) is 4.80. The zero-order valence-corrected chi connectivity index (χ0v) is 14.1. The molecule has 24 heavy (non-hydrogen) atoms. The zero-order chi connectivity index (χ0) is 16.9. The van der Waals surface area contributed by atoms with E-state index in [2.05, 4.69) is 15.6 Å². The second-order valence-corrected chi connectivity index (χ2v) is 6.38. The summed E-state index contributed by atoms with van der Waals surface area (Å²) in [5, 5.41) is 6.09. The van der Waals surface area contributed by atoms with Crippen molar-refractivity contribution in [3.8, 4) is 11.6 Å². The Balaban J connectivity index is 1.61. The number of amides is 1. The number of hydrogen-bond donors (Lipinski definition) is 2. The van der Waals surface area contributed by atoms with Gasteiger partial charge in [-0.05, 0) is 62.4 Å². The van der Waals surface area contributed by atoms with Crippen LogP contribution in [0.15, 0.2) is 36.5 Å². The fourth-order valence-electron chi connectivity index (χ4n) is 2.38. The van der Waals surface area contributed by atoms with Gasteiger partial charge in [0.15, 0.2) is 0 Å². The molecule has 3 rings (SSSR count). The van der Waals surface area contributed by atoms with Crippen LogP contribution in [-0.2, 0) is 4.79 Å². The van der Waals surface area contributed by atoms with Crippen LogP contribution >= 0.6 is 0 Å². The van der Waals surface area contributed by atoms with Crippen molar-refractivity contribution in [2.24, 2.45) is 5.92 Å². The Morgan fingerprint density at radius 1 is 1.25 bits per heavy atom. The number of benzene rings is 1. The van der Waals surface area contributed by atoms with Crippen molar-refractivity contribution in [1.82, 2.24) is 10.3 Å². The van der Waals surface area contributed by atoms with E-state index in [4.69, 9.17) is 4.74 Å². The van der Waals surface area contributed by atoms with Gasteiger partial charge in [-0.1, -0.05) is 6.07 Å². The summed E-state index contributed by atoms with van der Waals surface area (Å²) in [5.41, 5.74) is 2.80. The molecule has 0 spiro atoms. The highest BCUT2D eigenvalue weighted by Gasteiger charge is 2.20. The number of aryl methyl sites for hydroxylation is 2. The Labute approximate surface area is 142 Å². The lowest BCUT2D eigenvalue weighted by Crippen LogP contribution is -2.29. The van der Waals surface area contributed by atoms with Crippen LogP contribution in [0.2, 0.25) is 0 Å². The van der Waals surface area contributed by atoms with Gasteiger partial charge in [0, 0.05) is 24.0 Å². The van der Waals surface area contributed by atoms with E-state index >= 15 is 0 Å². The molecule has 1 aliphatic rings. The zero-order valence-electron chi connectivity index (χ0n) is 14.1. The number of hydrogen-bond acceptors (Lipinski definition) is 4. The van der Waals surface area contributed by atoms with Gasteiger partial charge in [0.1, 0.15) is 5.75 Å². The first kappa shape index (κ1) is 16.5. The maximum atomic E-state index is 12.0. The molecule has 1 aromatic heterocycles. The van der Waals surface area contributed by atoms with Crippen molar-refractivity contribution in [1.29, 1.82) is 0 Å². The highest BCUT2D eigenvalue weighted by atomic mass is 16.5. The SMILES string of the molecule is Cc1ccnc(Oc2cc(NC(=O)CNCC3CC3)ccc2C)c1. The number of aromatic nitrogens is 1. The molecule has 5 heteroatoms. The first-order chi connectivity index (χ1) is 11.6. The molecule has 1 saturated carbocycles. The summed E-state index contributed by atoms with van der Waals surface area (Å²) in [6.45, 7) is 5.22. The molecule has 1 aromatic carbocycles. The van der Waals surface area contributed by atoms with Gasteiger partial charge in [0.25, 0.3) is 0 Å². The van der Waals surface area contributed by atoms with Crippen molar-refractivity contribution in [3.05, 3.63) is 47.7 Å². The summed E-state index contributed by atoms with van der Waals surface area (Å²) >= 11 is 0. The molecule has 0 aliphatic heterocycles. The van der Waals surface area contributed by atoms with Gasteiger partial charge in [0.2, 0.25) is 11.8 Å². The van der Waals surface area contributed by atoms with Gasteiger partial charge in [-0.2, -0.15) is 0 Å². The summed E-state index contributed by atoms with van der Waals surface area (Å²) in [6.07, 6.45) is 4.28. The molecular weight excluding hydrogens is 302 g/mol. The number of nitrogens with one attached hydrogen (secondary N) is 2.